The van der Waals surface area contributed by atoms with E-state index < -0.39 is 26.3 Å². The van der Waals surface area contributed by atoms with Crippen LogP contribution in [0.2, 0.25) is 0 Å². The van der Waals surface area contributed by atoms with Gasteiger partial charge in [-0.3, -0.25) is 9.46 Å². The van der Waals surface area contributed by atoms with Crippen LogP contribution in [0.1, 0.15) is 11.1 Å². The second kappa shape index (κ2) is 8.34. The van der Waals surface area contributed by atoms with Crippen molar-refractivity contribution in [3.63, 3.8) is 0 Å². The van der Waals surface area contributed by atoms with Crippen molar-refractivity contribution in [3.8, 4) is 11.1 Å². The summed E-state index contributed by atoms with van der Waals surface area (Å²) in [6.07, 6.45) is 0.306. The maximum absolute atomic E-state index is 15.0. The van der Waals surface area contributed by atoms with E-state index in [-0.39, 0.29) is 13.2 Å². The zero-order valence-corrected chi connectivity index (χ0v) is 17.7. The highest BCUT2D eigenvalue weighted by atomic mass is 31.1. The first-order chi connectivity index (χ1) is 15.5. The van der Waals surface area contributed by atoms with Gasteiger partial charge in [-0.05, 0) is 41.0 Å². The largest absolute Gasteiger partial charge is 0.441 e. The average molecular weight is 459 g/mol. The van der Waals surface area contributed by atoms with Gasteiger partial charge in [0.1, 0.15) is 17.7 Å². The van der Waals surface area contributed by atoms with E-state index in [9.17, 15) is 9.36 Å². The van der Waals surface area contributed by atoms with Crippen molar-refractivity contribution in [3.05, 3.63) is 59.5 Å². The topological polar surface area (TPSA) is 121 Å². The van der Waals surface area contributed by atoms with E-state index in [2.05, 4.69) is 24.8 Å². The van der Waals surface area contributed by atoms with Crippen LogP contribution in [-0.4, -0.2) is 45.7 Å². The first-order valence-electron chi connectivity index (χ1n) is 9.84. The lowest BCUT2D eigenvalue weighted by atomic mass is 10.00. The van der Waals surface area contributed by atoms with Crippen LogP contribution in [0.5, 0.6) is 0 Å². The van der Waals surface area contributed by atoms with Crippen LogP contribution in [0.15, 0.2) is 42.6 Å². The number of H-pyrrole nitrogens is 1. The molecular weight excluding hydrogens is 440 g/mol. The number of hydrogen-bond donors (Lipinski definition) is 2. The fourth-order valence-corrected chi connectivity index (χ4v) is 4.30. The molecule has 10 nitrogen and oxygen atoms in total. The number of aromatic nitrogens is 3. The summed E-state index contributed by atoms with van der Waals surface area (Å²) >= 11 is 0. The number of carbonyl (C=O) groups excluding carboxylic acids is 1. The molecule has 2 aliphatic rings. The van der Waals surface area contributed by atoms with Gasteiger partial charge in [0.25, 0.3) is 0 Å². The highest BCUT2D eigenvalue weighted by Crippen LogP contribution is 2.33. The summed E-state index contributed by atoms with van der Waals surface area (Å²) in [4.78, 5) is 24.3. The lowest BCUT2D eigenvalue weighted by molar-refractivity contribution is 0.103. The van der Waals surface area contributed by atoms with Crippen LogP contribution in [0, 0.1) is 5.82 Å². The molecule has 1 amide bonds. The SMILES string of the molecule is O=C1O[C@@H](CO[PH](=O)O)CN1c1ccc(-c2ccc3c(c2)CN(c2cnn[nH]2)C3)c(F)c1. The summed E-state index contributed by atoms with van der Waals surface area (Å²) in [5, 5.41) is 10.4. The minimum atomic E-state index is -3.11. The standard InChI is InChI=1S/C20H19FN5O5P/c21-18-6-15(26-10-16(31-20(26)27)11-30-32(28)29)3-4-17(18)12-1-2-13-8-25(9-14(13)5-12)19-7-22-24-23-19/h1-7,16,32H,8-11H2,(H,28,29)(H,22,23,24)/t16-/m1/s1. The zero-order chi connectivity index (χ0) is 22.2. The molecule has 1 unspecified atom stereocenters. The van der Waals surface area contributed by atoms with Crippen LogP contribution >= 0.6 is 8.25 Å². The minimum absolute atomic E-state index is 0.101. The lowest BCUT2D eigenvalue weighted by Crippen LogP contribution is -2.25. The molecule has 1 fully saturated rings. The Hall–Kier alpha value is -3.27. The molecule has 3 heterocycles. The van der Waals surface area contributed by atoms with Crippen LogP contribution in [0.4, 0.5) is 20.7 Å². The van der Waals surface area contributed by atoms with Crippen molar-refractivity contribution in [1.29, 1.82) is 0 Å². The molecule has 166 valence electrons. The van der Waals surface area contributed by atoms with Gasteiger partial charge in [-0.1, -0.05) is 17.3 Å². The van der Waals surface area contributed by atoms with E-state index in [0.29, 0.717) is 24.3 Å². The third kappa shape index (κ3) is 3.97. The fraction of sp³-hybridized carbons (Fsp3) is 0.250. The molecule has 0 spiro atoms. The monoisotopic (exact) mass is 459 g/mol. The number of ether oxygens (including phenoxy) is 1. The third-order valence-corrected chi connectivity index (χ3v) is 5.93. The first-order valence-corrected chi connectivity index (χ1v) is 11.1. The number of nitrogens with one attached hydrogen (secondary N) is 1. The fourth-order valence-electron chi connectivity index (χ4n) is 3.97. The smallest absolute Gasteiger partial charge is 0.414 e. The first kappa shape index (κ1) is 20.6. The number of halogens is 1. The van der Waals surface area contributed by atoms with Gasteiger partial charge < -0.3 is 19.1 Å². The molecule has 0 radical (unpaired) electrons. The summed E-state index contributed by atoms with van der Waals surface area (Å²) in [7, 11) is -3.11. The van der Waals surface area contributed by atoms with Gasteiger partial charge in [0.2, 0.25) is 0 Å². The highest BCUT2D eigenvalue weighted by Gasteiger charge is 2.33. The number of fused-ring (bicyclic) bond motifs is 1. The number of cyclic esters (lactones) is 1. The normalized spacial score (nSPS) is 18.7. The summed E-state index contributed by atoms with van der Waals surface area (Å²) in [6.45, 7) is 1.28. The van der Waals surface area contributed by atoms with E-state index in [1.165, 1.54) is 11.0 Å². The zero-order valence-electron chi connectivity index (χ0n) is 16.7. The second-order valence-corrected chi connectivity index (χ2v) is 8.36. The number of rotatable bonds is 6. The van der Waals surface area contributed by atoms with Gasteiger partial charge in [0.15, 0.2) is 0 Å². The molecule has 12 heteroatoms. The maximum Gasteiger partial charge on any atom is 0.414 e. The Balaban J connectivity index is 1.33. The molecule has 0 aliphatic carbocycles. The van der Waals surface area contributed by atoms with Gasteiger partial charge in [-0.2, -0.15) is 0 Å². The molecule has 0 saturated carbocycles. The summed E-state index contributed by atoms with van der Waals surface area (Å²) in [5.74, 6) is 0.356. The van der Waals surface area contributed by atoms with Crippen molar-refractivity contribution in [2.45, 2.75) is 19.2 Å². The van der Waals surface area contributed by atoms with Gasteiger partial charge in [-0.25, -0.2) is 14.3 Å². The van der Waals surface area contributed by atoms with Crippen LogP contribution in [0.3, 0.4) is 0 Å². The summed E-state index contributed by atoms with van der Waals surface area (Å²) in [5.41, 5.74) is 3.74. The van der Waals surface area contributed by atoms with Crippen LogP contribution in [0.25, 0.3) is 11.1 Å². The summed E-state index contributed by atoms with van der Waals surface area (Å²) in [6, 6.07) is 10.4. The van der Waals surface area contributed by atoms with Crippen molar-refractivity contribution < 1.29 is 27.9 Å². The van der Waals surface area contributed by atoms with E-state index in [1.807, 2.05) is 18.2 Å². The number of carbonyl (C=O) groups is 1. The van der Waals surface area contributed by atoms with Gasteiger partial charge in [0.05, 0.1) is 25.0 Å². The van der Waals surface area contributed by atoms with Crippen LogP contribution < -0.4 is 9.80 Å². The van der Waals surface area contributed by atoms with Crippen LogP contribution in [-0.2, 0) is 26.9 Å². The molecule has 2 N–H and O–H groups in total. The Morgan fingerprint density at radius 3 is 2.84 bits per heavy atom. The van der Waals surface area contributed by atoms with Crippen molar-refractivity contribution in [2.75, 3.05) is 23.0 Å². The molecule has 2 aliphatic heterocycles. The Kier molecular flexibility index (Phi) is 5.38. The maximum atomic E-state index is 15.0. The number of anilines is 2. The molecule has 1 aromatic heterocycles. The van der Waals surface area contributed by atoms with Gasteiger partial charge >= 0.3 is 14.3 Å². The molecule has 3 aromatic rings. The number of hydrogen-bond acceptors (Lipinski definition) is 7. The Morgan fingerprint density at radius 1 is 1.25 bits per heavy atom. The van der Waals surface area contributed by atoms with E-state index in [1.54, 1.807) is 18.3 Å². The lowest BCUT2D eigenvalue weighted by Gasteiger charge is -2.15. The molecule has 0 bridgehead atoms. The molecule has 2 atom stereocenters. The van der Waals surface area contributed by atoms with Crippen molar-refractivity contribution in [1.82, 2.24) is 15.4 Å². The van der Waals surface area contributed by atoms with Crippen molar-refractivity contribution in [2.24, 2.45) is 0 Å². The quantitative estimate of drug-likeness (QED) is 0.540. The van der Waals surface area contributed by atoms with Gasteiger partial charge in [-0.15, -0.1) is 5.10 Å². The minimum Gasteiger partial charge on any atom is -0.441 e. The van der Waals surface area contributed by atoms with E-state index in [0.717, 1.165) is 22.5 Å². The average Bonchev–Trinajstić information content (AvgIpc) is 3.51. The Bertz CT molecular complexity index is 1190. The van der Waals surface area contributed by atoms with Crippen molar-refractivity contribution >= 4 is 25.9 Å². The predicted molar refractivity (Wildman–Crippen MR) is 113 cm³/mol. The second-order valence-electron chi connectivity index (χ2n) is 7.54. The van der Waals surface area contributed by atoms with E-state index in [4.69, 9.17) is 9.63 Å². The van der Waals surface area contributed by atoms with Gasteiger partial charge in [0, 0.05) is 18.7 Å². The predicted octanol–water partition coefficient (Wildman–Crippen LogP) is 2.85. The molecular formula is C20H19FN5O5P. The Labute approximate surface area is 182 Å². The molecule has 2 aromatic carbocycles. The van der Waals surface area contributed by atoms with E-state index >= 15 is 4.39 Å². The number of amides is 1. The summed E-state index contributed by atoms with van der Waals surface area (Å²) < 4.78 is 35.5. The number of nitrogens with zero attached hydrogens (tertiary/aromatic N) is 4. The third-order valence-electron chi connectivity index (χ3n) is 5.51. The molecule has 5 rings (SSSR count). The molecule has 1 saturated heterocycles. The highest BCUT2D eigenvalue weighted by molar-refractivity contribution is 7.32. The molecule has 32 heavy (non-hydrogen) atoms. The number of aromatic amines is 1. The Morgan fingerprint density at radius 2 is 2.09 bits per heavy atom. The number of benzene rings is 2.